The minimum absolute atomic E-state index is 0. The van der Waals surface area contributed by atoms with Crippen molar-refractivity contribution >= 4 is 23.2 Å². The first-order chi connectivity index (χ1) is 4.18. The zero-order chi connectivity index (χ0) is 6.85. The first kappa shape index (κ1) is 11.0. The van der Waals surface area contributed by atoms with Crippen molar-refractivity contribution in [2.45, 2.75) is 0 Å². The molecule has 0 radical (unpaired) electrons. The molecular formula is C3Cl2KN3O. The second-order valence-corrected chi connectivity index (χ2v) is 1.83. The molecule has 0 saturated carbocycles. The molecule has 1 rings (SSSR count). The first-order valence-corrected chi connectivity index (χ1v) is 2.68. The van der Waals surface area contributed by atoms with Gasteiger partial charge in [-0.05, 0) is 23.2 Å². The average molecular weight is 204 g/mol. The van der Waals surface area contributed by atoms with Crippen LogP contribution in [0.4, 0.5) is 0 Å². The Morgan fingerprint density at radius 3 is 1.70 bits per heavy atom. The SMILES string of the molecule is [K+].[O-]c1nc(Cl)nc(Cl)n1. The Hall–Kier alpha value is 1.03. The third kappa shape index (κ3) is 3.43. The maximum atomic E-state index is 10.3. The monoisotopic (exact) mass is 203 g/mol. The van der Waals surface area contributed by atoms with E-state index in [1.165, 1.54) is 0 Å². The fourth-order valence-corrected chi connectivity index (χ4v) is 0.657. The Morgan fingerprint density at radius 1 is 1.00 bits per heavy atom. The minimum atomic E-state index is -0.722. The van der Waals surface area contributed by atoms with Crippen LogP contribution in [0.25, 0.3) is 0 Å². The molecule has 0 spiro atoms. The molecule has 0 saturated heterocycles. The number of halogens is 2. The van der Waals surface area contributed by atoms with E-state index in [-0.39, 0.29) is 62.0 Å². The Morgan fingerprint density at radius 2 is 1.40 bits per heavy atom. The summed E-state index contributed by atoms with van der Waals surface area (Å²) in [6.45, 7) is 0. The van der Waals surface area contributed by atoms with Gasteiger partial charge in [0.15, 0.2) is 0 Å². The molecule has 1 aromatic heterocycles. The number of aromatic nitrogens is 3. The van der Waals surface area contributed by atoms with Gasteiger partial charge in [-0.25, -0.2) is 9.97 Å². The van der Waals surface area contributed by atoms with E-state index in [1.54, 1.807) is 0 Å². The van der Waals surface area contributed by atoms with Crippen LogP contribution >= 0.6 is 23.2 Å². The van der Waals surface area contributed by atoms with Crippen molar-refractivity contribution in [1.29, 1.82) is 0 Å². The maximum Gasteiger partial charge on any atom is 1.00 e. The van der Waals surface area contributed by atoms with Gasteiger partial charge in [0.25, 0.3) is 0 Å². The molecule has 0 aliphatic rings. The molecule has 10 heavy (non-hydrogen) atoms. The molecule has 1 aromatic rings. The van der Waals surface area contributed by atoms with E-state index in [0.29, 0.717) is 0 Å². The summed E-state index contributed by atoms with van der Waals surface area (Å²) in [4.78, 5) is 9.62. The molecule has 0 atom stereocenters. The number of hydrogen-bond acceptors (Lipinski definition) is 4. The van der Waals surface area contributed by atoms with Crippen LogP contribution in [0.2, 0.25) is 10.6 Å². The van der Waals surface area contributed by atoms with Crippen LogP contribution in [0.3, 0.4) is 0 Å². The third-order valence-electron chi connectivity index (χ3n) is 0.560. The fraction of sp³-hybridized carbons (Fsp3) is 0. The fourth-order valence-electron chi connectivity index (χ4n) is 0.309. The van der Waals surface area contributed by atoms with Gasteiger partial charge in [0.1, 0.15) is 0 Å². The van der Waals surface area contributed by atoms with E-state index in [9.17, 15) is 5.11 Å². The van der Waals surface area contributed by atoms with Gasteiger partial charge in [-0.2, -0.15) is 4.98 Å². The van der Waals surface area contributed by atoms with Crippen LogP contribution in [0, 0.1) is 0 Å². The van der Waals surface area contributed by atoms with Gasteiger partial charge >= 0.3 is 51.4 Å². The second kappa shape index (κ2) is 4.81. The molecule has 4 nitrogen and oxygen atoms in total. The van der Waals surface area contributed by atoms with Crippen molar-refractivity contribution in [2.24, 2.45) is 0 Å². The summed E-state index contributed by atoms with van der Waals surface area (Å²) in [5, 5.41) is 9.92. The Balaban J connectivity index is 0.000000810. The van der Waals surface area contributed by atoms with E-state index >= 15 is 0 Å². The zero-order valence-corrected chi connectivity index (χ0v) is 9.64. The number of rotatable bonds is 0. The Kier molecular flexibility index (Phi) is 5.31. The van der Waals surface area contributed by atoms with Crippen molar-refractivity contribution in [1.82, 2.24) is 15.0 Å². The zero-order valence-electron chi connectivity index (χ0n) is 5.01. The van der Waals surface area contributed by atoms with Gasteiger partial charge in [0.2, 0.25) is 10.6 Å². The third-order valence-corrected chi connectivity index (χ3v) is 0.898. The molecule has 0 fully saturated rings. The molecule has 0 aliphatic carbocycles. The molecule has 1 heterocycles. The van der Waals surface area contributed by atoms with Gasteiger partial charge in [0, 0.05) is 0 Å². The van der Waals surface area contributed by atoms with E-state index in [0.717, 1.165) is 0 Å². The quantitative estimate of drug-likeness (QED) is 0.430. The van der Waals surface area contributed by atoms with Crippen LogP contribution in [-0.4, -0.2) is 15.0 Å². The normalized spacial score (nSPS) is 8.60. The summed E-state index contributed by atoms with van der Waals surface area (Å²) in [5.41, 5.74) is 0. The van der Waals surface area contributed by atoms with Gasteiger partial charge in [-0.1, -0.05) is 0 Å². The van der Waals surface area contributed by atoms with E-state index < -0.39 is 6.01 Å². The molecule has 0 bridgehead atoms. The van der Waals surface area contributed by atoms with Crippen LogP contribution in [0.15, 0.2) is 0 Å². The summed E-state index contributed by atoms with van der Waals surface area (Å²) in [7, 11) is 0. The minimum Gasteiger partial charge on any atom is -0.844 e. The molecule has 0 N–H and O–H groups in total. The number of hydrogen-bond donors (Lipinski definition) is 0. The molecule has 0 aromatic carbocycles. The molecule has 0 unspecified atom stereocenters. The largest absolute Gasteiger partial charge is 1.00 e. The second-order valence-electron chi connectivity index (χ2n) is 1.16. The van der Waals surface area contributed by atoms with Crippen molar-refractivity contribution in [3.63, 3.8) is 0 Å². The predicted molar refractivity (Wildman–Crippen MR) is 29.3 cm³/mol. The van der Waals surface area contributed by atoms with Crippen LogP contribution in [0.5, 0.6) is 6.01 Å². The predicted octanol–water partition coefficient (Wildman–Crippen LogP) is -2.74. The first-order valence-electron chi connectivity index (χ1n) is 1.92. The smallest absolute Gasteiger partial charge is 0.844 e. The van der Waals surface area contributed by atoms with Gasteiger partial charge in [-0.3, -0.25) is 0 Å². The van der Waals surface area contributed by atoms with Crippen molar-refractivity contribution < 1.29 is 56.5 Å². The Labute approximate surface area is 109 Å². The van der Waals surface area contributed by atoms with Gasteiger partial charge in [-0.15, -0.1) is 0 Å². The van der Waals surface area contributed by atoms with Crippen molar-refractivity contribution in [3.05, 3.63) is 10.6 Å². The summed E-state index contributed by atoms with van der Waals surface area (Å²) >= 11 is 10.4. The summed E-state index contributed by atoms with van der Waals surface area (Å²) in [6.07, 6.45) is 0. The van der Waals surface area contributed by atoms with Crippen LogP contribution in [0.1, 0.15) is 0 Å². The van der Waals surface area contributed by atoms with E-state index in [4.69, 9.17) is 23.2 Å². The molecular weight excluding hydrogens is 204 g/mol. The molecule has 0 amide bonds. The van der Waals surface area contributed by atoms with Crippen molar-refractivity contribution in [2.75, 3.05) is 0 Å². The Bertz CT molecular complexity index is 183. The summed E-state index contributed by atoms with van der Waals surface area (Å²) < 4.78 is 0. The maximum absolute atomic E-state index is 10.3. The van der Waals surface area contributed by atoms with Crippen LogP contribution in [-0.2, 0) is 0 Å². The summed E-state index contributed by atoms with van der Waals surface area (Å²) in [5.74, 6) is 0. The topological polar surface area (TPSA) is 61.7 Å². The number of nitrogens with zero attached hydrogens (tertiary/aromatic N) is 3. The molecule has 48 valence electrons. The standard InChI is InChI=1S/C3HCl2N3O.K/c4-1-6-2(5)8-3(9)7-1;/h(H,6,7,8,9);/q;+1/p-1. The van der Waals surface area contributed by atoms with Crippen LogP contribution < -0.4 is 56.5 Å². The van der Waals surface area contributed by atoms with Crippen molar-refractivity contribution in [3.8, 4) is 6.01 Å². The molecule has 0 aliphatic heterocycles. The van der Waals surface area contributed by atoms with E-state index in [2.05, 4.69) is 15.0 Å². The van der Waals surface area contributed by atoms with Gasteiger partial charge in [0.05, 0.1) is 6.01 Å². The summed E-state index contributed by atoms with van der Waals surface area (Å²) in [6, 6.07) is -0.722. The average Bonchev–Trinajstić information content (AvgIpc) is 1.59. The van der Waals surface area contributed by atoms with Gasteiger partial charge < -0.3 is 5.11 Å². The van der Waals surface area contributed by atoms with E-state index in [1.807, 2.05) is 0 Å². The molecule has 7 heteroatoms.